The van der Waals surface area contributed by atoms with Crippen molar-refractivity contribution in [1.82, 2.24) is 16.0 Å². The smallest absolute Gasteiger partial charge is 0.341 e. The van der Waals surface area contributed by atoms with Crippen LogP contribution in [0.15, 0.2) is 65.7 Å². The Morgan fingerprint density at radius 3 is 2.47 bits per heavy atom. The Kier molecular flexibility index (Phi) is 7.89. The Morgan fingerprint density at radius 1 is 1.00 bits per heavy atom. The topological polar surface area (TPSA) is 91.8 Å². The number of carbonyl (C=O) groups excluding carboxylic acids is 2. The molecule has 3 N–H and O–H groups in total. The minimum Gasteiger partial charge on any atom is -0.465 e. The molecule has 2 amide bonds. The van der Waals surface area contributed by atoms with Gasteiger partial charge in [0.2, 0.25) is 0 Å². The normalized spacial score (nSPS) is 12.5. The average molecular weight is 493 g/mol. The van der Waals surface area contributed by atoms with Gasteiger partial charge in [-0.05, 0) is 35.2 Å². The summed E-state index contributed by atoms with van der Waals surface area (Å²) in [6, 6.07) is 15.9. The molecule has 0 atom stereocenters. The maximum Gasteiger partial charge on any atom is 0.341 e. The number of aliphatic imine (C=N–C) groups is 1. The van der Waals surface area contributed by atoms with Crippen molar-refractivity contribution in [3.63, 3.8) is 0 Å². The fourth-order valence-corrected chi connectivity index (χ4v) is 3.91. The highest BCUT2D eigenvalue weighted by Gasteiger charge is 2.19. The Bertz CT molecular complexity index is 1290. The number of hydrogen-bond donors (Lipinski definition) is 3. The zero-order valence-corrected chi connectivity index (χ0v) is 19.7. The van der Waals surface area contributed by atoms with Crippen LogP contribution in [0.4, 0.5) is 13.6 Å². The molecule has 0 radical (unpaired) electrons. The molecule has 0 saturated heterocycles. The van der Waals surface area contributed by atoms with E-state index >= 15 is 0 Å². The monoisotopic (exact) mass is 492 g/mol. The molecule has 1 aliphatic rings. The van der Waals surface area contributed by atoms with Crippen molar-refractivity contribution in [2.75, 3.05) is 26.7 Å². The molecule has 4 rings (SSSR count). The first-order valence-electron chi connectivity index (χ1n) is 11.5. The van der Waals surface area contributed by atoms with E-state index in [1.807, 2.05) is 24.3 Å². The van der Waals surface area contributed by atoms with Crippen LogP contribution in [0, 0.1) is 11.6 Å². The predicted octanol–water partition coefficient (Wildman–Crippen LogP) is 3.81. The van der Waals surface area contributed by atoms with Crippen LogP contribution in [0.3, 0.4) is 0 Å². The van der Waals surface area contributed by atoms with Gasteiger partial charge in [-0.3, -0.25) is 4.99 Å². The first-order chi connectivity index (χ1) is 17.5. The van der Waals surface area contributed by atoms with Gasteiger partial charge in [-0.25, -0.2) is 18.4 Å². The van der Waals surface area contributed by atoms with Crippen LogP contribution in [0.25, 0.3) is 11.1 Å². The number of amidine groups is 1. The molecule has 7 nitrogen and oxygen atoms in total. The second-order valence-electron chi connectivity index (χ2n) is 8.17. The van der Waals surface area contributed by atoms with Crippen molar-refractivity contribution in [2.24, 2.45) is 4.99 Å². The van der Waals surface area contributed by atoms with Gasteiger partial charge in [-0.2, -0.15) is 0 Å². The number of esters is 1. The van der Waals surface area contributed by atoms with Gasteiger partial charge in [-0.15, -0.1) is 0 Å². The number of hydrogen-bond acceptors (Lipinski definition) is 5. The third-order valence-corrected chi connectivity index (χ3v) is 5.81. The summed E-state index contributed by atoms with van der Waals surface area (Å²) in [7, 11) is 1.15. The van der Waals surface area contributed by atoms with Crippen LogP contribution in [0.5, 0.6) is 0 Å². The van der Waals surface area contributed by atoms with E-state index < -0.39 is 23.6 Å². The summed E-state index contributed by atoms with van der Waals surface area (Å²) in [6.45, 7) is 2.03. The van der Waals surface area contributed by atoms with E-state index in [2.05, 4.69) is 25.7 Å². The molecule has 36 heavy (non-hydrogen) atoms. The van der Waals surface area contributed by atoms with Gasteiger partial charge in [-0.1, -0.05) is 48.5 Å². The van der Waals surface area contributed by atoms with Crippen LogP contribution in [-0.2, 0) is 17.7 Å². The van der Waals surface area contributed by atoms with Crippen molar-refractivity contribution in [1.29, 1.82) is 0 Å². The van der Waals surface area contributed by atoms with Crippen LogP contribution in [0.1, 0.15) is 27.0 Å². The van der Waals surface area contributed by atoms with Crippen molar-refractivity contribution in [3.05, 3.63) is 94.6 Å². The van der Waals surface area contributed by atoms with Crippen molar-refractivity contribution >= 4 is 17.8 Å². The summed E-state index contributed by atoms with van der Waals surface area (Å²) >= 11 is 0. The molecule has 0 fully saturated rings. The Labute approximate surface area is 207 Å². The fourth-order valence-electron chi connectivity index (χ4n) is 3.91. The van der Waals surface area contributed by atoms with Gasteiger partial charge in [0, 0.05) is 30.8 Å². The molecule has 1 aliphatic heterocycles. The number of ether oxygens (including phenoxy) is 1. The van der Waals surface area contributed by atoms with Gasteiger partial charge < -0.3 is 20.7 Å². The summed E-state index contributed by atoms with van der Waals surface area (Å²) < 4.78 is 33.6. The molecule has 0 aliphatic carbocycles. The molecule has 186 valence electrons. The lowest BCUT2D eigenvalue weighted by Gasteiger charge is -2.12. The predicted molar refractivity (Wildman–Crippen MR) is 133 cm³/mol. The minimum atomic E-state index is -0.845. The number of benzene rings is 3. The van der Waals surface area contributed by atoms with E-state index in [1.54, 1.807) is 6.07 Å². The number of nitrogens with one attached hydrogen (secondary N) is 3. The zero-order chi connectivity index (χ0) is 25.5. The number of amides is 2. The van der Waals surface area contributed by atoms with E-state index in [9.17, 15) is 18.4 Å². The Hall–Kier alpha value is -4.27. The van der Waals surface area contributed by atoms with Crippen molar-refractivity contribution < 1.29 is 23.1 Å². The van der Waals surface area contributed by atoms with E-state index in [1.165, 1.54) is 24.3 Å². The van der Waals surface area contributed by atoms with Crippen molar-refractivity contribution in [3.8, 4) is 11.1 Å². The average Bonchev–Trinajstić information content (AvgIpc) is 3.43. The first-order valence-corrected chi connectivity index (χ1v) is 11.5. The first kappa shape index (κ1) is 24.8. The minimum absolute atomic E-state index is 0.0330. The molecule has 3 aromatic carbocycles. The number of carbonyl (C=O) groups is 2. The summed E-state index contributed by atoms with van der Waals surface area (Å²) in [5.74, 6) is -1.28. The molecular formula is C27H26F2N4O3. The molecular weight excluding hydrogens is 466 g/mol. The quantitative estimate of drug-likeness (QED) is 0.417. The maximum atomic E-state index is 14.7. The number of urea groups is 1. The van der Waals surface area contributed by atoms with Gasteiger partial charge >= 0.3 is 12.0 Å². The lowest BCUT2D eigenvalue weighted by atomic mass is 9.98. The third kappa shape index (κ3) is 5.86. The van der Waals surface area contributed by atoms with Gasteiger partial charge in [0.25, 0.3) is 0 Å². The lowest BCUT2D eigenvalue weighted by molar-refractivity contribution is 0.0596. The summed E-state index contributed by atoms with van der Waals surface area (Å²) in [5.41, 5.74) is 2.64. The molecule has 3 aromatic rings. The highest BCUT2D eigenvalue weighted by Crippen LogP contribution is 2.28. The molecule has 0 bridgehead atoms. The van der Waals surface area contributed by atoms with E-state index in [4.69, 9.17) is 0 Å². The van der Waals surface area contributed by atoms with E-state index in [-0.39, 0.29) is 23.2 Å². The van der Waals surface area contributed by atoms with Crippen LogP contribution >= 0.6 is 0 Å². The Morgan fingerprint density at radius 2 is 1.78 bits per heavy atom. The van der Waals surface area contributed by atoms with Crippen LogP contribution in [-0.4, -0.2) is 44.6 Å². The molecule has 0 unspecified atom stereocenters. The number of nitrogens with zero attached hydrogens (tertiary/aromatic N) is 1. The van der Waals surface area contributed by atoms with Gasteiger partial charge in [0.1, 0.15) is 23.0 Å². The highest BCUT2D eigenvalue weighted by molar-refractivity contribution is 5.99. The van der Waals surface area contributed by atoms with Gasteiger partial charge in [0.05, 0.1) is 13.7 Å². The highest BCUT2D eigenvalue weighted by atomic mass is 19.1. The maximum absolute atomic E-state index is 14.7. The summed E-state index contributed by atoms with van der Waals surface area (Å²) in [5, 5.41) is 8.62. The number of methoxy groups -OCH3 is 1. The summed E-state index contributed by atoms with van der Waals surface area (Å²) in [6.07, 6.45) is 0.646. The van der Waals surface area contributed by atoms with Gasteiger partial charge in [0.15, 0.2) is 0 Å². The van der Waals surface area contributed by atoms with E-state index in [0.29, 0.717) is 18.5 Å². The number of halogens is 2. The van der Waals surface area contributed by atoms with E-state index in [0.717, 1.165) is 43.2 Å². The summed E-state index contributed by atoms with van der Waals surface area (Å²) in [4.78, 5) is 28.5. The van der Waals surface area contributed by atoms with Crippen LogP contribution in [0.2, 0.25) is 0 Å². The molecule has 0 aromatic heterocycles. The number of rotatable bonds is 8. The largest absolute Gasteiger partial charge is 0.465 e. The SMILES string of the molecule is COC(=O)c1c(F)cccc1-c1ccc(CNC(=O)NCCc2ccc(C3=NCCN3)cc2)c(F)c1. The molecule has 0 spiro atoms. The lowest BCUT2D eigenvalue weighted by Crippen LogP contribution is -2.36. The Balaban J connectivity index is 1.29. The van der Waals surface area contributed by atoms with Crippen LogP contribution < -0.4 is 16.0 Å². The van der Waals surface area contributed by atoms with Crippen molar-refractivity contribution in [2.45, 2.75) is 13.0 Å². The zero-order valence-electron chi connectivity index (χ0n) is 19.7. The standard InChI is InChI=1S/C27H26F2N4O3/c1-36-26(34)24-21(3-2-4-22(24)28)19-9-10-20(23(29)15-19)16-33-27(35)32-12-11-17-5-7-18(8-6-17)25-30-13-14-31-25/h2-10,15H,11-14,16H2,1H3,(H,30,31)(H2,32,33,35). The second kappa shape index (κ2) is 11.4. The third-order valence-electron chi connectivity index (χ3n) is 5.81. The second-order valence-corrected chi connectivity index (χ2v) is 8.17. The molecule has 9 heteroatoms. The fraction of sp³-hybridized carbons (Fsp3) is 0.222. The molecule has 1 heterocycles. The molecule has 0 saturated carbocycles.